The molecule has 0 N–H and O–H groups in total. The highest BCUT2D eigenvalue weighted by Crippen LogP contribution is 2.28. The second-order valence-corrected chi connectivity index (χ2v) is 8.80. The minimum absolute atomic E-state index is 0.504. The summed E-state index contributed by atoms with van der Waals surface area (Å²) in [4.78, 5) is 4.97. The van der Waals surface area contributed by atoms with Gasteiger partial charge in [-0.15, -0.1) is 10.2 Å². The molecule has 4 rings (SSSR count). The number of hydrogen-bond donors (Lipinski definition) is 0. The Bertz CT molecular complexity index is 926. The number of aryl methyl sites for hydroxylation is 1. The highest BCUT2D eigenvalue weighted by molar-refractivity contribution is 5.58. The monoisotopic (exact) mass is 450 g/mol. The summed E-state index contributed by atoms with van der Waals surface area (Å²) >= 11 is 0. The maximum Gasteiger partial charge on any atom is 0.192 e. The second kappa shape index (κ2) is 11.2. The first kappa shape index (κ1) is 23.2. The molecule has 2 aromatic carbocycles. The van der Waals surface area contributed by atoms with Crippen molar-refractivity contribution in [3.8, 4) is 11.5 Å². The fourth-order valence-electron chi connectivity index (χ4n) is 4.22. The van der Waals surface area contributed by atoms with Gasteiger partial charge in [-0.1, -0.05) is 24.3 Å². The average Bonchev–Trinajstić information content (AvgIpc) is 3.30. The summed E-state index contributed by atoms with van der Waals surface area (Å²) in [5.41, 5.74) is 1.94. The predicted octanol–water partition coefficient (Wildman–Crippen LogP) is 5.16. The van der Waals surface area contributed by atoms with Gasteiger partial charge in [0.2, 0.25) is 0 Å². The Balaban J connectivity index is 1.10. The molecule has 0 radical (unpaired) electrons. The Labute approximate surface area is 196 Å². The molecular formula is C25H34N6O2. The highest BCUT2D eigenvalue weighted by atomic mass is 16.5. The topological polar surface area (TPSA) is 74.4 Å². The van der Waals surface area contributed by atoms with E-state index in [2.05, 4.69) is 54.7 Å². The molecule has 2 heterocycles. The van der Waals surface area contributed by atoms with Crippen LogP contribution in [-0.2, 0) is 6.42 Å². The molecule has 0 aliphatic carbocycles. The molecule has 33 heavy (non-hydrogen) atoms. The Kier molecular flexibility index (Phi) is 7.88. The van der Waals surface area contributed by atoms with Crippen LogP contribution in [0.1, 0.15) is 31.7 Å². The van der Waals surface area contributed by atoms with Crippen molar-refractivity contribution in [2.24, 2.45) is 20.7 Å². The van der Waals surface area contributed by atoms with Crippen molar-refractivity contribution in [3.63, 3.8) is 0 Å². The van der Waals surface area contributed by atoms with Crippen LogP contribution in [-0.4, -0.2) is 57.0 Å². The molecule has 0 saturated carbocycles. The van der Waals surface area contributed by atoms with Crippen LogP contribution in [0.2, 0.25) is 0 Å². The van der Waals surface area contributed by atoms with E-state index in [0.29, 0.717) is 0 Å². The standard InChI is InChI=1S/C25H34N6O2/c1-25(26-28-29-27-25)14-13-21-9-11-22(12-10-21)33-20-6-5-15-30-16-18-31(19-17-30)23-7-3-4-8-24(23)32-2/h3-4,7-12H,5-6,13-20H2,1-2H3. The molecule has 176 valence electrons. The molecule has 2 aliphatic heterocycles. The molecule has 0 bridgehead atoms. The Hall–Kier alpha value is -3.00. The highest BCUT2D eigenvalue weighted by Gasteiger charge is 2.26. The number of piperazine rings is 1. The van der Waals surface area contributed by atoms with Crippen LogP contribution in [0.3, 0.4) is 0 Å². The van der Waals surface area contributed by atoms with Crippen molar-refractivity contribution in [3.05, 3.63) is 54.1 Å². The third-order valence-electron chi connectivity index (χ3n) is 6.31. The molecule has 1 fully saturated rings. The molecule has 8 heteroatoms. The minimum Gasteiger partial charge on any atom is -0.495 e. The summed E-state index contributed by atoms with van der Waals surface area (Å²) in [6, 6.07) is 16.6. The minimum atomic E-state index is -0.504. The number of methoxy groups -OCH3 is 1. The second-order valence-electron chi connectivity index (χ2n) is 8.80. The van der Waals surface area contributed by atoms with Crippen molar-refractivity contribution >= 4 is 5.69 Å². The zero-order valence-corrected chi connectivity index (χ0v) is 19.7. The van der Waals surface area contributed by atoms with Gasteiger partial charge in [-0.2, -0.15) is 0 Å². The first-order valence-electron chi connectivity index (χ1n) is 11.8. The zero-order valence-electron chi connectivity index (χ0n) is 19.7. The molecule has 0 aromatic heterocycles. The lowest BCUT2D eigenvalue weighted by Gasteiger charge is -2.36. The molecule has 2 aromatic rings. The number of hydrogen-bond acceptors (Lipinski definition) is 8. The Morgan fingerprint density at radius 3 is 2.36 bits per heavy atom. The summed E-state index contributed by atoms with van der Waals surface area (Å²) in [6.07, 6.45) is 3.89. The van der Waals surface area contributed by atoms with Crippen molar-refractivity contribution in [1.29, 1.82) is 0 Å². The summed E-state index contributed by atoms with van der Waals surface area (Å²) in [5, 5.41) is 15.4. The lowest BCUT2D eigenvalue weighted by atomic mass is 10.0. The van der Waals surface area contributed by atoms with Gasteiger partial charge in [0.05, 0.1) is 19.4 Å². The SMILES string of the molecule is COc1ccccc1N1CCN(CCCCOc2ccc(CCC3(C)N=NN=N3)cc2)CC1. The van der Waals surface area contributed by atoms with E-state index in [1.807, 2.05) is 31.2 Å². The van der Waals surface area contributed by atoms with Crippen molar-refractivity contribution in [1.82, 2.24) is 4.90 Å². The van der Waals surface area contributed by atoms with Gasteiger partial charge in [0.1, 0.15) is 11.5 Å². The third-order valence-corrected chi connectivity index (χ3v) is 6.31. The van der Waals surface area contributed by atoms with Crippen LogP contribution in [0.25, 0.3) is 0 Å². The number of nitrogens with zero attached hydrogens (tertiary/aromatic N) is 6. The van der Waals surface area contributed by atoms with Crippen molar-refractivity contribution in [2.45, 2.75) is 38.3 Å². The maximum absolute atomic E-state index is 5.94. The fraction of sp³-hybridized carbons (Fsp3) is 0.520. The maximum atomic E-state index is 5.94. The summed E-state index contributed by atoms with van der Waals surface area (Å²) in [5.74, 6) is 1.88. The quantitative estimate of drug-likeness (QED) is 0.443. The lowest BCUT2D eigenvalue weighted by Crippen LogP contribution is -2.46. The van der Waals surface area contributed by atoms with Gasteiger partial charge in [-0.3, -0.25) is 4.90 Å². The van der Waals surface area contributed by atoms with Crippen molar-refractivity contribution in [2.75, 3.05) is 51.3 Å². The largest absolute Gasteiger partial charge is 0.495 e. The number of ether oxygens (including phenoxy) is 2. The Morgan fingerprint density at radius 1 is 0.909 bits per heavy atom. The van der Waals surface area contributed by atoms with E-state index in [-0.39, 0.29) is 0 Å². The van der Waals surface area contributed by atoms with E-state index in [1.54, 1.807) is 7.11 Å². The van der Waals surface area contributed by atoms with Gasteiger partial charge < -0.3 is 14.4 Å². The van der Waals surface area contributed by atoms with E-state index in [1.165, 1.54) is 11.3 Å². The average molecular weight is 451 g/mol. The van der Waals surface area contributed by atoms with Gasteiger partial charge in [0.25, 0.3) is 0 Å². The molecule has 2 aliphatic rings. The fourth-order valence-corrected chi connectivity index (χ4v) is 4.22. The van der Waals surface area contributed by atoms with E-state index >= 15 is 0 Å². The zero-order chi connectivity index (χ0) is 22.9. The van der Waals surface area contributed by atoms with Gasteiger partial charge in [-0.05, 0) is 73.0 Å². The van der Waals surface area contributed by atoms with Gasteiger partial charge in [0, 0.05) is 32.6 Å². The molecule has 0 unspecified atom stereocenters. The van der Waals surface area contributed by atoms with Crippen LogP contribution in [0.5, 0.6) is 11.5 Å². The molecule has 0 spiro atoms. The summed E-state index contributed by atoms with van der Waals surface area (Å²) < 4.78 is 11.5. The van der Waals surface area contributed by atoms with E-state index in [0.717, 1.165) is 76.5 Å². The first-order chi connectivity index (χ1) is 16.1. The molecular weight excluding hydrogens is 416 g/mol. The Morgan fingerprint density at radius 2 is 1.64 bits per heavy atom. The van der Waals surface area contributed by atoms with E-state index in [4.69, 9.17) is 9.47 Å². The van der Waals surface area contributed by atoms with Crippen LogP contribution >= 0.6 is 0 Å². The summed E-state index contributed by atoms with van der Waals surface area (Å²) in [7, 11) is 1.74. The molecule has 8 nitrogen and oxygen atoms in total. The normalized spacial score (nSPS) is 17.5. The van der Waals surface area contributed by atoms with Gasteiger partial charge >= 0.3 is 0 Å². The van der Waals surface area contributed by atoms with Crippen LogP contribution < -0.4 is 14.4 Å². The summed E-state index contributed by atoms with van der Waals surface area (Å²) in [6.45, 7) is 8.06. The smallest absolute Gasteiger partial charge is 0.192 e. The van der Waals surface area contributed by atoms with Gasteiger partial charge in [0.15, 0.2) is 5.66 Å². The van der Waals surface area contributed by atoms with E-state index < -0.39 is 5.66 Å². The lowest BCUT2D eigenvalue weighted by molar-refractivity contribution is 0.238. The third kappa shape index (κ3) is 6.51. The van der Waals surface area contributed by atoms with Gasteiger partial charge in [-0.25, -0.2) is 0 Å². The van der Waals surface area contributed by atoms with Crippen LogP contribution in [0.15, 0.2) is 69.2 Å². The number of unbranched alkanes of at least 4 members (excludes halogenated alkanes) is 1. The number of rotatable bonds is 11. The van der Waals surface area contributed by atoms with E-state index in [9.17, 15) is 0 Å². The number of anilines is 1. The number of benzene rings is 2. The first-order valence-corrected chi connectivity index (χ1v) is 11.8. The van der Waals surface area contributed by atoms with Crippen LogP contribution in [0, 0.1) is 0 Å². The van der Waals surface area contributed by atoms with Crippen molar-refractivity contribution < 1.29 is 9.47 Å². The molecule has 0 amide bonds. The van der Waals surface area contributed by atoms with Crippen LogP contribution in [0.4, 0.5) is 5.69 Å². The number of para-hydroxylation sites is 2. The predicted molar refractivity (Wildman–Crippen MR) is 129 cm³/mol. The molecule has 1 saturated heterocycles. The molecule has 0 atom stereocenters.